The topological polar surface area (TPSA) is 93.3 Å². The van der Waals surface area contributed by atoms with Crippen molar-refractivity contribution < 1.29 is 23.7 Å². The van der Waals surface area contributed by atoms with Crippen molar-refractivity contribution >= 4 is 63.9 Å². The number of nitrogens with zero attached hydrogens (tertiary/aromatic N) is 4. The molecule has 0 radical (unpaired) electrons. The number of aromatic nitrogens is 2. The zero-order chi connectivity index (χ0) is 22.8. The summed E-state index contributed by atoms with van der Waals surface area (Å²) < 4.78 is 7.28. The Hall–Kier alpha value is -3.01. The first-order valence-corrected chi connectivity index (χ1v) is 11.1. The maximum Gasteiger partial charge on any atom is 0.396 e. The third kappa shape index (κ3) is 4.45. The molecule has 2 aromatic carbocycles. The maximum atomic E-state index is 12.9. The number of hydrazone groups is 1. The van der Waals surface area contributed by atoms with E-state index in [9.17, 15) is 9.59 Å². The summed E-state index contributed by atoms with van der Waals surface area (Å²) in [7, 11) is 1.76. The van der Waals surface area contributed by atoms with Crippen LogP contribution in [0.4, 0.5) is 5.69 Å². The van der Waals surface area contributed by atoms with Crippen molar-refractivity contribution in [2.45, 2.75) is 12.1 Å². The van der Waals surface area contributed by atoms with Gasteiger partial charge < -0.3 is 4.42 Å². The molecular formula is C21H17Cl2N5O3S+2. The molecule has 0 unspecified atom stereocenters. The molecule has 0 bridgehead atoms. The zero-order valence-electron chi connectivity index (χ0n) is 17.0. The van der Waals surface area contributed by atoms with Gasteiger partial charge in [0.15, 0.2) is 7.05 Å². The molecule has 8 nitrogen and oxygen atoms in total. The van der Waals surface area contributed by atoms with Crippen LogP contribution in [0.25, 0.3) is 11.5 Å². The van der Waals surface area contributed by atoms with Gasteiger partial charge in [0.25, 0.3) is 10.9 Å². The second-order valence-electron chi connectivity index (χ2n) is 6.77. The second-order valence-corrected chi connectivity index (χ2v) is 8.54. The molecule has 32 heavy (non-hydrogen) atoms. The molecule has 0 atom stereocenters. The van der Waals surface area contributed by atoms with E-state index in [2.05, 4.69) is 15.2 Å². The molecule has 1 N–H and O–H groups in total. The first-order chi connectivity index (χ1) is 15.3. The third-order valence-corrected chi connectivity index (χ3v) is 6.08. The summed E-state index contributed by atoms with van der Waals surface area (Å²) in [5.74, 6) is -0.480. The SMILES string of the molecule is CC1=[N+](C)N(c2ccccc2)C(=O)C1=[NH+]C(=O)CSc1nnc(-c2ccc(Cl)cc2Cl)o1. The minimum absolute atomic E-state index is 0.0188. The van der Waals surface area contributed by atoms with Crippen LogP contribution in [-0.2, 0) is 9.59 Å². The van der Waals surface area contributed by atoms with Gasteiger partial charge in [-0.05, 0) is 30.3 Å². The van der Waals surface area contributed by atoms with Gasteiger partial charge in [-0.2, -0.15) is 4.99 Å². The quantitative estimate of drug-likeness (QED) is 0.436. The first kappa shape index (κ1) is 22.2. The average Bonchev–Trinajstić information content (AvgIpc) is 3.32. The van der Waals surface area contributed by atoms with Gasteiger partial charge in [-0.1, -0.05) is 62.9 Å². The number of anilines is 1. The number of hydrazine groups is 1. The van der Waals surface area contributed by atoms with Gasteiger partial charge >= 0.3 is 17.5 Å². The van der Waals surface area contributed by atoms with Crippen LogP contribution >= 0.6 is 35.0 Å². The van der Waals surface area contributed by atoms with Gasteiger partial charge in [0.2, 0.25) is 5.89 Å². The second kappa shape index (κ2) is 9.23. The molecule has 0 spiro atoms. The molecule has 0 saturated carbocycles. The maximum absolute atomic E-state index is 12.9. The summed E-state index contributed by atoms with van der Waals surface area (Å²) >= 11 is 13.1. The number of hydrogen-bond acceptors (Lipinski definition) is 6. The molecule has 2 amide bonds. The predicted octanol–water partition coefficient (Wildman–Crippen LogP) is 2.25. The smallest absolute Gasteiger partial charge is 0.396 e. The molecule has 11 heteroatoms. The van der Waals surface area contributed by atoms with Crippen molar-refractivity contribution in [2.24, 2.45) is 0 Å². The highest BCUT2D eigenvalue weighted by atomic mass is 35.5. The van der Waals surface area contributed by atoms with E-state index in [0.29, 0.717) is 27.0 Å². The highest BCUT2D eigenvalue weighted by Crippen LogP contribution is 2.30. The van der Waals surface area contributed by atoms with Gasteiger partial charge in [-0.3, -0.25) is 4.79 Å². The van der Waals surface area contributed by atoms with Crippen molar-refractivity contribution in [3.63, 3.8) is 0 Å². The standard InChI is InChI=1S/C21H16Cl2N5O3S/c1-12-18(20(30)28(27(12)2)14-6-4-3-5-7-14)24-17(29)11-32-21-26-25-19(31-21)15-9-8-13(22)10-16(15)23/h3-10H,11H2,1-2H3/q+1/p+1. The number of benzene rings is 2. The highest BCUT2D eigenvalue weighted by Gasteiger charge is 2.46. The molecule has 0 aliphatic carbocycles. The van der Waals surface area contributed by atoms with E-state index >= 15 is 0 Å². The number of carbonyl (C=O) groups excluding carboxylic acids is 2. The minimum atomic E-state index is -0.370. The monoisotopic (exact) mass is 489 g/mol. The van der Waals surface area contributed by atoms with E-state index in [0.717, 1.165) is 11.8 Å². The van der Waals surface area contributed by atoms with E-state index in [4.69, 9.17) is 27.6 Å². The van der Waals surface area contributed by atoms with Crippen LogP contribution < -0.4 is 10.0 Å². The van der Waals surface area contributed by atoms with E-state index in [1.807, 2.05) is 30.3 Å². The summed E-state index contributed by atoms with van der Waals surface area (Å²) in [5.41, 5.74) is 2.11. The van der Waals surface area contributed by atoms with Crippen LogP contribution in [0.15, 0.2) is 58.2 Å². The summed E-state index contributed by atoms with van der Waals surface area (Å²) in [6, 6.07) is 14.1. The van der Waals surface area contributed by atoms with Gasteiger partial charge in [-0.25, -0.2) is 4.79 Å². The van der Waals surface area contributed by atoms with Gasteiger partial charge in [-0.15, -0.1) is 10.2 Å². The molecule has 4 rings (SSSR count). The Morgan fingerprint density at radius 2 is 1.94 bits per heavy atom. The highest BCUT2D eigenvalue weighted by molar-refractivity contribution is 7.99. The lowest BCUT2D eigenvalue weighted by Crippen LogP contribution is -2.80. The molecule has 1 aliphatic rings. The summed E-state index contributed by atoms with van der Waals surface area (Å²) in [6.07, 6.45) is 0. The number of carbonyl (C=O) groups is 2. The normalized spacial score (nSPS) is 15.2. The number of nitrogens with one attached hydrogen (secondary N) is 1. The first-order valence-electron chi connectivity index (χ1n) is 9.40. The minimum Gasteiger partial charge on any atom is -0.411 e. The number of para-hydroxylation sites is 1. The molecule has 3 aromatic rings. The molecule has 0 fully saturated rings. The fraction of sp³-hybridized carbons (Fsp3) is 0.143. The molecule has 0 saturated heterocycles. The van der Waals surface area contributed by atoms with E-state index in [1.165, 1.54) is 5.01 Å². The predicted molar refractivity (Wildman–Crippen MR) is 122 cm³/mol. The average molecular weight is 490 g/mol. The lowest BCUT2D eigenvalue weighted by Gasteiger charge is -2.08. The number of rotatable bonds is 5. The van der Waals surface area contributed by atoms with Gasteiger partial charge in [0, 0.05) is 11.9 Å². The summed E-state index contributed by atoms with van der Waals surface area (Å²) in [5, 5.41) is 10.5. The Balaban J connectivity index is 1.45. The molecular weight excluding hydrogens is 473 g/mol. The molecule has 2 heterocycles. The van der Waals surface area contributed by atoms with Crippen molar-refractivity contribution in [1.82, 2.24) is 10.2 Å². The van der Waals surface area contributed by atoms with Crippen molar-refractivity contribution in [2.75, 3.05) is 17.8 Å². The Morgan fingerprint density at radius 1 is 1.19 bits per heavy atom. The Morgan fingerprint density at radius 3 is 2.66 bits per heavy atom. The Labute approximate surface area is 197 Å². The van der Waals surface area contributed by atoms with Gasteiger partial charge in [0.05, 0.1) is 10.6 Å². The fourth-order valence-electron chi connectivity index (χ4n) is 3.05. The van der Waals surface area contributed by atoms with Crippen molar-refractivity contribution in [1.29, 1.82) is 0 Å². The fourth-order valence-corrected chi connectivity index (χ4v) is 4.11. The number of halogens is 2. The van der Waals surface area contributed by atoms with Crippen LogP contribution in [0.5, 0.6) is 0 Å². The van der Waals surface area contributed by atoms with Gasteiger partial charge in [0.1, 0.15) is 11.4 Å². The largest absolute Gasteiger partial charge is 0.411 e. The number of thioether (sulfide) groups is 1. The van der Waals surface area contributed by atoms with Crippen LogP contribution in [0.3, 0.4) is 0 Å². The van der Waals surface area contributed by atoms with Crippen LogP contribution in [0, 0.1) is 0 Å². The van der Waals surface area contributed by atoms with E-state index in [1.54, 1.807) is 36.9 Å². The number of amides is 2. The zero-order valence-corrected chi connectivity index (χ0v) is 19.3. The lowest BCUT2D eigenvalue weighted by molar-refractivity contribution is -0.495. The van der Waals surface area contributed by atoms with E-state index in [-0.39, 0.29) is 34.4 Å². The lowest BCUT2D eigenvalue weighted by atomic mass is 10.2. The Bertz CT molecular complexity index is 1270. The van der Waals surface area contributed by atoms with Crippen molar-refractivity contribution in [3.8, 4) is 11.5 Å². The van der Waals surface area contributed by atoms with Crippen LogP contribution in [0.1, 0.15) is 6.92 Å². The summed E-state index contributed by atoms with van der Waals surface area (Å²) in [4.78, 5) is 28.1. The molecule has 1 aromatic heterocycles. The van der Waals surface area contributed by atoms with Crippen molar-refractivity contribution in [3.05, 3.63) is 58.6 Å². The Kier molecular flexibility index (Phi) is 6.40. The number of hydrogen-bond donors (Lipinski definition) is 1. The molecule has 162 valence electrons. The molecule has 1 aliphatic heterocycles. The van der Waals surface area contributed by atoms with Crippen LogP contribution in [0.2, 0.25) is 10.0 Å². The van der Waals surface area contributed by atoms with Crippen LogP contribution in [-0.4, -0.2) is 50.9 Å². The third-order valence-electron chi connectivity index (χ3n) is 4.71. The summed E-state index contributed by atoms with van der Waals surface area (Å²) in [6.45, 7) is 1.77. The van der Waals surface area contributed by atoms with E-state index < -0.39 is 0 Å².